The first-order valence-electron chi connectivity index (χ1n) is 5.45. The fraction of sp³-hybridized carbons (Fsp3) is 0.0769. The maximum absolute atomic E-state index is 11.2. The molecule has 3 aromatic rings. The van der Waals surface area contributed by atoms with E-state index < -0.39 is 5.97 Å². The Morgan fingerprint density at radius 2 is 2.21 bits per heavy atom. The predicted molar refractivity (Wildman–Crippen MR) is 74.0 cm³/mol. The minimum atomic E-state index is -1.07. The lowest BCUT2D eigenvalue weighted by atomic mass is 10.2. The average molecular weight is 294 g/mol. The van der Waals surface area contributed by atoms with Crippen molar-refractivity contribution < 1.29 is 14.3 Å². The van der Waals surface area contributed by atoms with Crippen molar-refractivity contribution in [1.29, 1.82) is 0 Å². The number of hydrogen-bond acceptors (Lipinski definition) is 4. The number of halogens is 1. The summed E-state index contributed by atoms with van der Waals surface area (Å²) in [5, 5.41) is 9.47. The number of aromatic nitrogens is 1. The Hall–Kier alpha value is -1.85. The molecule has 0 saturated heterocycles. The van der Waals surface area contributed by atoms with E-state index in [1.807, 2.05) is 19.1 Å². The van der Waals surface area contributed by atoms with Crippen molar-refractivity contribution in [3.63, 3.8) is 0 Å². The van der Waals surface area contributed by atoms with Gasteiger partial charge in [0.15, 0.2) is 5.58 Å². The van der Waals surface area contributed by atoms with E-state index in [-0.39, 0.29) is 5.56 Å². The molecule has 0 fully saturated rings. The first kappa shape index (κ1) is 12.2. The second-order valence-corrected chi connectivity index (χ2v) is 5.76. The third-order valence-corrected chi connectivity index (χ3v) is 3.85. The van der Waals surface area contributed by atoms with Gasteiger partial charge in [-0.15, -0.1) is 11.3 Å². The Labute approximate surface area is 117 Å². The predicted octanol–water partition coefficient (Wildman–Crippen LogP) is 4.22. The molecule has 0 aliphatic rings. The summed E-state index contributed by atoms with van der Waals surface area (Å²) in [5.41, 5.74) is 0.745. The summed E-state index contributed by atoms with van der Waals surface area (Å²) in [6, 6.07) is 6.80. The van der Waals surface area contributed by atoms with Crippen LogP contribution < -0.4 is 0 Å². The summed E-state index contributed by atoms with van der Waals surface area (Å²) in [4.78, 5) is 17.4. The zero-order valence-corrected chi connectivity index (χ0v) is 11.4. The fourth-order valence-corrected chi connectivity index (χ4v) is 2.82. The van der Waals surface area contributed by atoms with Crippen LogP contribution in [0.25, 0.3) is 21.9 Å². The highest BCUT2D eigenvalue weighted by Gasteiger charge is 2.17. The molecule has 0 bridgehead atoms. The Balaban J connectivity index is 2.25. The van der Waals surface area contributed by atoms with Crippen molar-refractivity contribution >= 4 is 40.0 Å². The van der Waals surface area contributed by atoms with Crippen molar-refractivity contribution in [1.82, 2.24) is 4.98 Å². The molecule has 3 rings (SSSR count). The molecular formula is C13H8ClNO3S. The van der Waals surface area contributed by atoms with Crippen LogP contribution in [-0.4, -0.2) is 16.1 Å². The topological polar surface area (TPSA) is 63.3 Å². The molecule has 1 N–H and O–H groups in total. The molecule has 0 unspecified atom stereocenters. The zero-order valence-electron chi connectivity index (χ0n) is 9.81. The number of nitrogens with zero attached hydrogens (tertiary/aromatic N) is 1. The zero-order chi connectivity index (χ0) is 13.6. The molecule has 0 aliphatic heterocycles. The van der Waals surface area contributed by atoms with Crippen LogP contribution in [-0.2, 0) is 0 Å². The molecule has 4 nitrogen and oxygen atoms in total. The molecule has 1 aromatic carbocycles. The molecule has 0 amide bonds. The first-order chi connectivity index (χ1) is 9.04. The summed E-state index contributed by atoms with van der Waals surface area (Å²) in [5.74, 6) is -0.660. The van der Waals surface area contributed by atoms with Gasteiger partial charge in [-0.05, 0) is 25.1 Å². The first-order valence-corrected chi connectivity index (χ1v) is 6.64. The van der Waals surface area contributed by atoms with Crippen molar-refractivity contribution in [3.8, 4) is 10.8 Å². The normalized spacial score (nSPS) is 11.1. The number of aromatic carboxylic acids is 1. The molecule has 6 heteroatoms. The summed E-state index contributed by atoms with van der Waals surface area (Å²) < 4.78 is 5.59. The fourth-order valence-electron chi connectivity index (χ4n) is 1.81. The summed E-state index contributed by atoms with van der Waals surface area (Å²) in [6.07, 6.45) is 0. The van der Waals surface area contributed by atoms with Gasteiger partial charge in [-0.3, -0.25) is 0 Å². The molecule has 0 aliphatic carbocycles. The molecular weight excluding hydrogens is 286 g/mol. The van der Waals surface area contributed by atoms with Crippen LogP contribution in [0.15, 0.2) is 28.7 Å². The minimum Gasteiger partial charge on any atom is -0.478 e. The van der Waals surface area contributed by atoms with Crippen LogP contribution in [0.5, 0.6) is 0 Å². The number of hydrogen-bond donors (Lipinski definition) is 1. The molecule has 96 valence electrons. The lowest BCUT2D eigenvalue weighted by molar-refractivity contribution is 0.0699. The largest absolute Gasteiger partial charge is 0.478 e. The summed E-state index contributed by atoms with van der Waals surface area (Å²) >= 11 is 7.42. The van der Waals surface area contributed by atoms with Gasteiger partial charge in [0.1, 0.15) is 5.52 Å². The quantitative estimate of drug-likeness (QED) is 0.768. The molecule has 0 atom stereocenters. The van der Waals surface area contributed by atoms with Gasteiger partial charge >= 0.3 is 5.97 Å². The molecule has 2 aromatic heterocycles. The number of thiophene rings is 1. The van der Waals surface area contributed by atoms with Gasteiger partial charge in [-0.1, -0.05) is 11.6 Å². The Morgan fingerprint density at radius 1 is 1.42 bits per heavy atom. The molecule has 19 heavy (non-hydrogen) atoms. The van der Waals surface area contributed by atoms with Crippen LogP contribution in [0, 0.1) is 6.92 Å². The second kappa shape index (κ2) is 4.36. The molecule has 0 saturated carbocycles. The number of carboxylic acid groups (broad SMARTS) is 1. The smallest absolute Gasteiger partial charge is 0.338 e. The molecule has 2 heterocycles. The Morgan fingerprint density at radius 3 is 2.84 bits per heavy atom. The third-order valence-electron chi connectivity index (χ3n) is 2.64. The van der Waals surface area contributed by atoms with Crippen LogP contribution >= 0.6 is 22.9 Å². The van der Waals surface area contributed by atoms with Gasteiger partial charge in [-0.25, -0.2) is 9.78 Å². The number of oxazole rings is 1. The van der Waals surface area contributed by atoms with E-state index in [1.54, 1.807) is 6.07 Å². The second-order valence-electron chi connectivity index (χ2n) is 4.03. The summed E-state index contributed by atoms with van der Waals surface area (Å²) in [7, 11) is 0. The van der Waals surface area contributed by atoms with Crippen molar-refractivity contribution in [2.45, 2.75) is 6.92 Å². The van der Waals surface area contributed by atoms with Gasteiger partial charge in [0.25, 0.3) is 0 Å². The van der Waals surface area contributed by atoms with Crippen molar-refractivity contribution in [2.75, 3.05) is 0 Å². The lowest BCUT2D eigenvalue weighted by Gasteiger charge is -1.95. The van der Waals surface area contributed by atoms with Crippen molar-refractivity contribution in [3.05, 3.63) is 39.7 Å². The standard InChI is InChI=1S/C13H8ClNO3S/c1-6-2-3-10(19-6)12-15-11-8(13(16)17)4-7(14)5-9(11)18-12/h2-5H,1H3,(H,16,17). The summed E-state index contributed by atoms with van der Waals surface area (Å²) in [6.45, 7) is 1.98. The van der Waals surface area contributed by atoms with Gasteiger partial charge < -0.3 is 9.52 Å². The van der Waals surface area contributed by atoms with E-state index in [0.29, 0.717) is 22.0 Å². The Bertz CT molecular complexity index is 790. The third kappa shape index (κ3) is 2.11. The number of carboxylic acids is 1. The monoisotopic (exact) mass is 293 g/mol. The highest BCUT2D eigenvalue weighted by Crippen LogP contribution is 2.32. The van der Waals surface area contributed by atoms with E-state index >= 15 is 0 Å². The van der Waals surface area contributed by atoms with E-state index in [1.165, 1.54) is 17.4 Å². The van der Waals surface area contributed by atoms with E-state index in [4.69, 9.17) is 21.1 Å². The number of aryl methyl sites for hydroxylation is 1. The number of benzene rings is 1. The van der Waals surface area contributed by atoms with Crippen LogP contribution in [0.2, 0.25) is 5.02 Å². The van der Waals surface area contributed by atoms with E-state index in [9.17, 15) is 4.79 Å². The van der Waals surface area contributed by atoms with Crippen LogP contribution in [0.4, 0.5) is 0 Å². The van der Waals surface area contributed by atoms with Crippen LogP contribution in [0.1, 0.15) is 15.2 Å². The van der Waals surface area contributed by atoms with E-state index in [2.05, 4.69) is 4.98 Å². The number of rotatable bonds is 2. The maximum atomic E-state index is 11.2. The Kier molecular flexibility index (Phi) is 2.80. The van der Waals surface area contributed by atoms with Gasteiger partial charge in [-0.2, -0.15) is 0 Å². The highest BCUT2D eigenvalue weighted by atomic mass is 35.5. The SMILES string of the molecule is Cc1ccc(-c2nc3c(C(=O)O)cc(Cl)cc3o2)s1. The molecule has 0 radical (unpaired) electrons. The number of carbonyl (C=O) groups is 1. The minimum absolute atomic E-state index is 0.0470. The highest BCUT2D eigenvalue weighted by molar-refractivity contribution is 7.15. The average Bonchev–Trinajstić information content (AvgIpc) is 2.93. The lowest BCUT2D eigenvalue weighted by Crippen LogP contribution is -1.97. The van der Waals surface area contributed by atoms with Gasteiger partial charge in [0, 0.05) is 16.0 Å². The van der Waals surface area contributed by atoms with E-state index in [0.717, 1.165) is 9.75 Å². The van der Waals surface area contributed by atoms with Crippen LogP contribution in [0.3, 0.4) is 0 Å². The van der Waals surface area contributed by atoms with Crippen molar-refractivity contribution in [2.24, 2.45) is 0 Å². The molecule has 0 spiro atoms. The van der Waals surface area contributed by atoms with Gasteiger partial charge in [0.05, 0.1) is 10.4 Å². The number of fused-ring (bicyclic) bond motifs is 1. The van der Waals surface area contributed by atoms with Gasteiger partial charge in [0.2, 0.25) is 5.89 Å². The maximum Gasteiger partial charge on any atom is 0.338 e.